The molecule has 0 aromatic heterocycles. The zero-order chi connectivity index (χ0) is 16.4. The number of amides is 4. The number of likely N-dealkylation sites (tertiary alicyclic amines) is 1. The first kappa shape index (κ1) is 15.5. The second-order valence-electron chi connectivity index (χ2n) is 6.29. The zero-order valence-corrected chi connectivity index (χ0v) is 13.2. The van der Waals surface area contributed by atoms with Crippen molar-refractivity contribution in [2.45, 2.75) is 26.3 Å². The number of nitrogens with one attached hydrogen (secondary N) is 1. The zero-order valence-electron chi connectivity index (χ0n) is 13.2. The Hall–Kier alpha value is -2.37. The van der Waals surface area contributed by atoms with Crippen LogP contribution in [0, 0.1) is 5.92 Å². The van der Waals surface area contributed by atoms with Crippen LogP contribution in [0.3, 0.4) is 0 Å². The summed E-state index contributed by atoms with van der Waals surface area (Å²) in [5.41, 5.74) is 1.29. The van der Waals surface area contributed by atoms with Crippen LogP contribution in [0.5, 0.6) is 0 Å². The third kappa shape index (κ3) is 3.21. The van der Waals surface area contributed by atoms with Crippen molar-refractivity contribution in [3.8, 4) is 0 Å². The Morgan fingerprint density at radius 2 is 2.09 bits per heavy atom. The molecule has 1 N–H and O–H groups in total. The third-order valence-electron chi connectivity index (χ3n) is 4.46. The molecule has 0 aliphatic carbocycles. The van der Waals surface area contributed by atoms with Crippen LogP contribution in [0.2, 0.25) is 0 Å². The van der Waals surface area contributed by atoms with E-state index in [1.165, 1.54) is 0 Å². The number of nitrogens with zero attached hydrogens (tertiary/aromatic N) is 2. The standard InChI is InChI=1S/C17H21N3O3/c1-12-5-4-8-19(10-12)16(22)14-7-3-2-6-13(14)11-20-15(21)9-18-17(20)23/h2-3,6-7,12H,4-5,8-11H2,1H3,(H,18,23)/t12-/m1/s1. The Balaban J connectivity index is 1.81. The molecule has 2 saturated heterocycles. The summed E-state index contributed by atoms with van der Waals surface area (Å²) in [4.78, 5) is 39.3. The Morgan fingerprint density at radius 3 is 2.78 bits per heavy atom. The molecule has 0 saturated carbocycles. The van der Waals surface area contributed by atoms with Crippen LogP contribution >= 0.6 is 0 Å². The van der Waals surface area contributed by atoms with Crippen LogP contribution in [0.15, 0.2) is 24.3 Å². The lowest BCUT2D eigenvalue weighted by atomic mass is 9.98. The van der Waals surface area contributed by atoms with E-state index in [4.69, 9.17) is 0 Å². The highest BCUT2D eigenvalue weighted by Crippen LogP contribution is 2.21. The van der Waals surface area contributed by atoms with Gasteiger partial charge in [-0.05, 0) is 30.4 Å². The van der Waals surface area contributed by atoms with Gasteiger partial charge in [-0.15, -0.1) is 0 Å². The second-order valence-corrected chi connectivity index (χ2v) is 6.29. The molecule has 2 fully saturated rings. The van der Waals surface area contributed by atoms with Crippen LogP contribution in [-0.4, -0.2) is 47.3 Å². The Kier molecular flexibility index (Phi) is 4.32. The number of urea groups is 1. The van der Waals surface area contributed by atoms with Gasteiger partial charge in [0.2, 0.25) is 5.91 Å². The molecule has 1 aromatic carbocycles. The summed E-state index contributed by atoms with van der Waals surface area (Å²) in [6.07, 6.45) is 2.16. The quantitative estimate of drug-likeness (QED) is 0.862. The summed E-state index contributed by atoms with van der Waals surface area (Å²) in [5, 5.41) is 2.50. The van der Waals surface area contributed by atoms with Crippen molar-refractivity contribution >= 4 is 17.8 Å². The van der Waals surface area contributed by atoms with Gasteiger partial charge in [-0.25, -0.2) is 4.79 Å². The summed E-state index contributed by atoms with van der Waals surface area (Å²) in [5.74, 6) is 0.230. The van der Waals surface area contributed by atoms with Gasteiger partial charge in [0, 0.05) is 18.7 Å². The largest absolute Gasteiger partial charge is 0.338 e. The van der Waals surface area contributed by atoms with Crippen molar-refractivity contribution in [2.75, 3.05) is 19.6 Å². The van der Waals surface area contributed by atoms with E-state index in [0.717, 1.165) is 30.8 Å². The minimum Gasteiger partial charge on any atom is -0.338 e. The first-order valence-corrected chi connectivity index (χ1v) is 8.01. The van der Waals surface area contributed by atoms with Crippen molar-refractivity contribution in [3.05, 3.63) is 35.4 Å². The number of piperidine rings is 1. The van der Waals surface area contributed by atoms with Crippen LogP contribution in [0.4, 0.5) is 4.79 Å². The molecule has 0 spiro atoms. The lowest BCUT2D eigenvalue weighted by molar-refractivity contribution is -0.125. The number of carbonyl (C=O) groups is 3. The van der Waals surface area contributed by atoms with Crippen molar-refractivity contribution in [1.82, 2.24) is 15.1 Å². The normalized spacial score (nSPS) is 21.5. The van der Waals surface area contributed by atoms with Gasteiger partial charge in [-0.2, -0.15) is 0 Å². The molecule has 4 amide bonds. The molecule has 3 rings (SSSR count). The summed E-state index contributed by atoms with van der Waals surface area (Å²) in [7, 11) is 0. The molecule has 2 aliphatic rings. The van der Waals surface area contributed by atoms with Crippen LogP contribution in [0.1, 0.15) is 35.7 Å². The summed E-state index contributed by atoms with van der Waals surface area (Å²) >= 11 is 0. The average Bonchev–Trinajstić information content (AvgIpc) is 2.87. The van der Waals surface area contributed by atoms with Gasteiger partial charge in [0.1, 0.15) is 0 Å². The fourth-order valence-electron chi connectivity index (χ4n) is 3.20. The van der Waals surface area contributed by atoms with Crippen LogP contribution in [0.25, 0.3) is 0 Å². The van der Waals surface area contributed by atoms with Crippen molar-refractivity contribution in [1.29, 1.82) is 0 Å². The van der Waals surface area contributed by atoms with E-state index in [9.17, 15) is 14.4 Å². The SMILES string of the molecule is C[C@@H]1CCCN(C(=O)c2ccccc2CN2C(=O)CNC2=O)C1. The summed E-state index contributed by atoms with van der Waals surface area (Å²) in [6, 6.07) is 6.82. The van der Waals surface area contributed by atoms with Crippen molar-refractivity contribution < 1.29 is 14.4 Å². The van der Waals surface area contributed by atoms with Crippen LogP contribution in [-0.2, 0) is 11.3 Å². The fourth-order valence-corrected chi connectivity index (χ4v) is 3.20. The predicted molar refractivity (Wildman–Crippen MR) is 84.7 cm³/mol. The minimum absolute atomic E-state index is 0.0146. The molecule has 6 heteroatoms. The first-order chi connectivity index (χ1) is 11.1. The lowest BCUT2D eigenvalue weighted by Crippen LogP contribution is -2.40. The fraction of sp³-hybridized carbons (Fsp3) is 0.471. The maximum absolute atomic E-state index is 12.8. The first-order valence-electron chi connectivity index (χ1n) is 8.01. The number of hydrogen-bond acceptors (Lipinski definition) is 3. The summed E-state index contributed by atoms with van der Waals surface area (Å²) < 4.78 is 0. The van der Waals surface area contributed by atoms with Gasteiger partial charge < -0.3 is 10.2 Å². The van der Waals surface area contributed by atoms with E-state index in [-0.39, 0.29) is 24.9 Å². The minimum atomic E-state index is -0.399. The molecule has 0 unspecified atom stereocenters. The average molecular weight is 315 g/mol. The maximum Gasteiger partial charge on any atom is 0.324 e. The molecule has 0 radical (unpaired) electrons. The maximum atomic E-state index is 12.8. The molecular formula is C17H21N3O3. The number of hydrogen-bond donors (Lipinski definition) is 1. The second kappa shape index (κ2) is 6.40. The van der Waals surface area contributed by atoms with E-state index in [1.807, 2.05) is 17.0 Å². The van der Waals surface area contributed by atoms with Crippen LogP contribution < -0.4 is 5.32 Å². The monoisotopic (exact) mass is 315 g/mol. The van der Waals surface area contributed by atoms with Gasteiger partial charge in [0.05, 0.1) is 13.1 Å². The Bertz CT molecular complexity index is 628. The van der Waals surface area contributed by atoms with Crippen molar-refractivity contribution in [2.24, 2.45) is 5.92 Å². The molecule has 2 heterocycles. The Labute approximate surface area is 135 Å². The highest BCUT2D eigenvalue weighted by molar-refractivity contribution is 6.02. The molecular weight excluding hydrogens is 294 g/mol. The number of imide groups is 1. The molecule has 1 aromatic rings. The lowest BCUT2D eigenvalue weighted by Gasteiger charge is -2.31. The van der Waals surface area contributed by atoms with Gasteiger partial charge in [0.15, 0.2) is 0 Å². The topological polar surface area (TPSA) is 69.7 Å². The number of carbonyl (C=O) groups excluding carboxylic acids is 3. The van der Waals surface area contributed by atoms with Gasteiger partial charge in [0.25, 0.3) is 5.91 Å². The molecule has 2 aliphatic heterocycles. The van der Waals surface area contributed by atoms with Gasteiger partial charge in [-0.3, -0.25) is 14.5 Å². The van der Waals surface area contributed by atoms with Gasteiger partial charge >= 0.3 is 6.03 Å². The number of benzene rings is 1. The van der Waals surface area contributed by atoms with E-state index in [0.29, 0.717) is 17.0 Å². The molecule has 122 valence electrons. The molecule has 0 bridgehead atoms. The summed E-state index contributed by atoms with van der Waals surface area (Å²) in [6.45, 7) is 3.84. The predicted octanol–water partition coefficient (Wildman–Crippen LogP) is 1.61. The number of rotatable bonds is 3. The van der Waals surface area contributed by atoms with E-state index >= 15 is 0 Å². The highest BCUT2D eigenvalue weighted by atomic mass is 16.2. The van der Waals surface area contributed by atoms with E-state index in [1.54, 1.807) is 12.1 Å². The Morgan fingerprint density at radius 1 is 1.30 bits per heavy atom. The molecule has 1 atom stereocenters. The van der Waals surface area contributed by atoms with Gasteiger partial charge in [-0.1, -0.05) is 25.1 Å². The molecule has 23 heavy (non-hydrogen) atoms. The molecule has 6 nitrogen and oxygen atoms in total. The highest BCUT2D eigenvalue weighted by Gasteiger charge is 2.30. The van der Waals surface area contributed by atoms with E-state index < -0.39 is 6.03 Å². The smallest absolute Gasteiger partial charge is 0.324 e. The van der Waals surface area contributed by atoms with Crippen molar-refractivity contribution in [3.63, 3.8) is 0 Å². The third-order valence-corrected chi connectivity index (χ3v) is 4.46. The van der Waals surface area contributed by atoms with E-state index in [2.05, 4.69) is 12.2 Å².